The van der Waals surface area contributed by atoms with Gasteiger partial charge >= 0.3 is 0 Å². The predicted molar refractivity (Wildman–Crippen MR) is 81.7 cm³/mol. The van der Waals surface area contributed by atoms with Gasteiger partial charge in [-0.05, 0) is 30.7 Å². The summed E-state index contributed by atoms with van der Waals surface area (Å²) in [4.78, 5) is 6.74. The zero-order chi connectivity index (χ0) is 13.2. The molecule has 0 saturated carbocycles. The Morgan fingerprint density at radius 1 is 1.40 bits per heavy atom. The third-order valence-electron chi connectivity index (χ3n) is 3.65. The smallest absolute Gasteiger partial charge is 0.132 e. The SMILES string of the molecule is C[C@@H]1CN(Cc2ccc(F)c3cccnc23)CCN1.Cl. The normalized spacial score (nSPS) is 19.8. The molecule has 1 N–H and O–H groups in total. The van der Waals surface area contributed by atoms with Crippen molar-refractivity contribution in [3.8, 4) is 0 Å². The van der Waals surface area contributed by atoms with Crippen molar-refractivity contribution in [3.05, 3.63) is 41.8 Å². The Balaban J connectivity index is 0.00000147. The lowest BCUT2D eigenvalue weighted by Crippen LogP contribution is -2.48. The van der Waals surface area contributed by atoms with Gasteiger partial charge in [-0.1, -0.05) is 6.07 Å². The van der Waals surface area contributed by atoms with Gasteiger partial charge in [0.15, 0.2) is 0 Å². The number of fused-ring (bicyclic) bond motifs is 1. The minimum absolute atomic E-state index is 0. The highest BCUT2D eigenvalue weighted by Gasteiger charge is 2.17. The Bertz CT molecular complexity index is 590. The number of aromatic nitrogens is 1. The summed E-state index contributed by atoms with van der Waals surface area (Å²) in [5, 5.41) is 4.04. The van der Waals surface area contributed by atoms with E-state index in [4.69, 9.17) is 0 Å². The lowest BCUT2D eigenvalue weighted by Gasteiger charge is -2.31. The highest BCUT2D eigenvalue weighted by Crippen LogP contribution is 2.21. The summed E-state index contributed by atoms with van der Waals surface area (Å²) < 4.78 is 13.7. The molecule has 2 aromatic rings. The first-order chi connectivity index (χ1) is 9.24. The topological polar surface area (TPSA) is 28.2 Å². The highest BCUT2D eigenvalue weighted by atomic mass is 35.5. The fourth-order valence-electron chi connectivity index (χ4n) is 2.72. The van der Waals surface area contributed by atoms with Gasteiger partial charge in [-0.3, -0.25) is 9.88 Å². The van der Waals surface area contributed by atoms with Crippen molar-refractivity contribution in [1.29, 1.82) is 0 Å². The van der Waals surface area contributed by atoms with Crippen LogP contribution < -0.4 is 5.32 Å². The molecule has 1 aromatic carbocycles. The van der Waals surface area contributed by atoms with Crippen LogP contribution in [-0.4, -0.2) is 35.6 Å². The number of piperazine rings is 1. The Morgan fingerprint density at radius 2 is 2.25 bits per heavy atom. The molecule has 1 aromatic heterocycles. The van der Waals surface area contributed by atoms with Crippen LogP contribution in [0.1, 0.15) is 12.5 Å². The maximum atomic E-state index is 13.7. The molecule has 0 radical (unpaired) electrons. The number of rotatable bonds is 2. The Morgan fingerprint density at radius 3 is 3.05 bits per heavy atom. The maximum Gasteiger partial charge on any atom is 0.132 e. The van der Waals surface area contributed by atoms with Crippen LogP contribution in [-0.2, 0) is 6.54 Å². The first kappa shape index (κ1) is 15.2. The number of hydrogen-bond donors (Lipinski definition) is 1. The van der Waals surface area contributed by atoms with Gasteiger partial charge in [-0.2, -0.15) is 0 Å². The third kappa shape index (κ3) is 3.08. The van der Waals surface area contributed by atoms with Crippen molar-refractivity contribution in [2.75, 3.05) is 19.6 Å². The molecule has 1 aliphatic heterocycles. The zero-order valence-electron chi connectivity index (χ0n) is 11.5. The molecule has 3 rings (SSSR count). The predicted octanol–water partition coefficient (Wildman–Crippen LogP) is 2.59. The summed E-state index contributed by atoms with van der Waals surface area (Å²) >= 11 is 0. The molecule has 1 aliphatic rings. The Hall–Kier alpha value is -1.23. The third-order valence-corrected chi connectivity index (χ3v) is 3.65. The number of hydrogen-bond acceptors (Lipinski definition) is 3. The standard InChI is InChI=1S/C15H18FN3.ClH/c1-11-9-19(8-7-17-11)10-12-4-5-14(16)13-3-2-6-18-15(12)13;/h2-6,11,17H,7-10H2,1H3;1H/t11-;/m1./s1. The van der Waals surface area contributed by atoms with Crippen LogP contribution >= 0.6 is 12.4 Å². The highest BCUT2D eigenvalue weighted by molar-refractivity contribution is 5.85. The van der Waals surface area contributed by atoms with Crippen molar-refractivity contribution < 1.29 is 4.39 Å². The molecule has 0 aliphatic carbocycles. The fourth-order valence-corrected chi connectivity index (χ4v) is 2.72. The average molecular weight is 296 g/mol. The Kier molecular flexibility index (Phi) is 4.91. The molecule has 0 spiro atoms. The van der Waals surface area contributed by atoms with Crippen LogP contribution in [0.4, 0.5) is 4.39 Å². The van der Waals surface area contributed by atoms with Crippen LogP contribution in [0, 0.1) is 5.82 Å². The molecule has 0 unspecified atom stereocenters. The van der Waals surface area contributed by atoms with Gasteiger partial charge < -0.3 is 5.32 Å². The lowest BCUT2D eigenvalue weighted by atomic mass is 10.1. The van der Waals surface area contributed by atoms with E-state index in [0.717, 1.165) is 37.3 Å². The summed E-state index contributed by atoms with van der Waals surface area (Å²) in [6.45, 7) is 6.07. The van der Waals surface area contributed by atoms with Gasteiger partial charge in [-0.25, -0.2) is 4.39 Å². The van der Waals surface area contributed by atoms with Crippen LogP contribution in [0.5, 0.6) is 0 Å². The number of nitrogens with zero attached hydrogens (tertiary/aromatic N) is 2. The minimum Gasteiger partial charge on any atom is -0.312 e. The minimum atomic E-state index is -0.194. The number of nitrogens with one attached hydrogen (secondary N) is 1. The molecule has 20 heavy (non-hydrogen) atoms. The average Bonchev–Trinajstić information content (AvgIpc) is 2.42. The van der Waals surface area contributed by atoms with E-state index in [0.29, 0.717) is 11.4 Å². The van der Waals surface area contributed by atoms with E-state index < -0.39 is 0 Å². The van der Waals surface area contributed by atoms with E-state index in [1.54, 1.807) is 24.4 Å². The van der Waals surface area contributed by atoms with Crippen LogP contribution in [0.2, 0.25) is 0 Å². The quantitative estimate of drug-likeness (QED) is 0.923. The van der Waals surface area contributed by atoms with Gasteiger partial charge in [0.2, 0.25) is 0 Å². The number of pyridine rings is 1. The maximum absolute atomic E-state index is 13.7. The van der Waals surface area contributed by atoms with Crippen molar-refractivity contribution in [2.45, 2.75) is 19.5 Å². The van der Waals surface area contributed by atoms with E-state index in [1.165, 1.54) is 0 Å². The summed E-state index contributed by atoms with van der Waals surface area (Å²) in [6.07, 6.45) is 1.73. The fraction of sp³-hybridized carbons (Fsp3) is 0.400. The largest absolute Gasteiger partial charge is 0.312 e. The molecule has 0 amide bonds. The van der Waals surface area contributed by atoms with Gasteiger partial charge in [0.1, 0.15) is 5.82 Å². The number of benzene rings is 1. The van der Waals surface area contributed by atoms with Crippen LogP contribution in [0.25, 0.3) is 10.9 Å². The first-order valence-corrected chi connectivity index (χ1v) is 6.72. The van der Waals surface area contributed by atoms with E-state index in [9.17, 15) is 4.39 Å². The van der Waals surface area contributed by atoms with E-state index >= 15 is 0 Å². The molecule has 1 saturated heterocycles. The molecule has 0 bridgehead atoms. The van der Waals surface area contributed by atoms with Crippen LogP contribution in [0.15, 0.2) is 30.5 Å². The van der Waals surface area contributed by atoms with Gasteiger partial charge in [-0.15, -0.1) is 12.4 Å². The Labute approximate surface area is 124 Å². The molecular weight excluding hydrogens is 277 g/mol. The molecule has 5 heteroatoms. The zero-order valence-corrected chi connectivity index (χ0v) is 12.3. The second kappa shape index (κ2) is 6.48. The summed E-state index contributed by atoms with van der Waals surface area (Å²) in [5.74, 6) is -0.194. The van der Waals surface area contributed by atoms with Gasteiger partial charge in [0.05, 0.1) is 5.52 Å². The van der Waals surface area contributed by atoms with E-state index in [-0.39, 0.29) is 18.2 Å². The molecular formula is C15H19ClFN3. The van der Waals surface area contributed by atoms with E-state index in [2.05, 4.69) is 22.1 Å². The van der Waals surface area contributed by atoms with E-state index in [1.807, 2.05) is 6.07 Å². The van der Waals surface area contributed by atoms with Crippen LogP contribution in [0.3, 0.4) is 0 Å². The van der Waals surface area contributed by atoms with Crippen molar-refractivity contribution in [1.82, 2.24) is 15.2 Å². The molecule has 1 fully saturated rings. The summed E-state index contributed by atoms with van der Waals surface area (Å²) in [7, 11) is 0. The van der Waals surface area contributed by atoms with Crippen molar-refractivity contribution in [3.63, 3.8) is 0 Å². The van der Waals surface area contributed by atoms with Gasteiger partial charge in [0, 0.05) is 43.8 Å². The molecule has 2 heterocycles. The summed E-state index contributed by atoms with van der Waals surface area (Å²) in [5.41, 5.74) is 1.89. The van der Waals surface area contributed by atoms with Crippen molar-refractivity contribution in [2.24, 2.45) is 0 Å². The summed E-state index contributed by atoms with van der Waals surface area (Å²) in [6, 6.07) is 7.49. The lowest BCUT2D eigenvalue weighted by molar-refractivity contribution is 0.200. The molecule has 3 nitrogen and oxygen atoms in total. The second-order valence-electron chi connectivity index (χ2n) is 5.20. The number of halogens is 2. The second-order valence-corrected chi connectivity index (χ2v) is 5.20. The van der Waals surface area contributed by atoms with Gasteiger partial charge in [0.25, 0.3) is 0 Å². The monoisotopic (exact) mass is 295 g/mol. The first-order valence-electron chi connectivity index (χ1n) is 6.72. The van der Waals surface area contributed by atoms with Crippen molar-refractivity contribution >= 4 is 23.3 Å². The molecule has 108 valence electrons. The molecule has 1 atom stereocenters.